The SMILES string of the molecule is OCc1cccc(-c2cc(Cl)cc(Br)c2)c1. The molecule has 0 aliphatic heterocycles. The number of halogens is 2. The van der Waals surface area contributed by atoms with E-state index in [0.717, 1.165) is 21.2 Å². The van der Waals surface area contributed by atoms with E-state index in [-0.39, 0.29) is 6.61 Å². The molecule has 82 valence electrons. The van der Waals surface area contributed by atoms with Crippen molar-refractivity contribution in [1.82, 2.24) is 0 Å². The predicted molar refractivity (Wildman–Crippen MR) is 70.5 cm³/mol. The third-order valence-corrected chi connectivity index (χ3v) is 2.98. The van der Waals surface area contributed by atoms with Gasteiger partial charge in [0.2, 0.25) is 0 Å². The Bertz CT molecular complexity index is 491. The summed E-state index contributed by atoms with van der Waals surface area (Å²) in [7, 11) is 0. The first-order valence-corrected chi connectivity index (χ1v) is 6.02. The van der Waals surface area contributed by atoms with E-state index in [1.807, 2.05) is 42.5 Å². The number of rotatable bonds is 2. The number of aliphatic hydroxyl groups is 1. The first kappa shape index (κ1) is 11.6. The van der Waals surface area contributed by atoms with E-state index in [1.165, 1.54) is 0 Å². The molecule has 0 saturated heterocycles. The molecule has 0 aliphatic carbocycles. The largest absolute Gasteiger partial charge is 0.392 e. The normalized spacial score (nSPS) is 10.4. The minimum atomic E-state index is 0.0512. The third-order valence-electron chi connectivity index (χ3n) is 2.31. The van der Waals surface area contributed by atoms with E-state index in [2.05, 4.69) is 15.9 Å². The van der Waals surface area contributed by atoms with Gasteiger partial charge in [0, 0.05) is 9.50 Å². The van der Waals surface area contributed by atoms with Gasteiger partial charge >= 0.3 is 0 Å². The second kappa shape index (κ2) is 5.00. The minimum Gasteiger partial charge on any atom is -0.392 e. The van der Waals surface area contributed by atoms with Gasteiger partial charge in [0.15, 0.2) is 0 Å². The highest BCUT2D eigenvalue weighted by atomic mass is 79.9. The Morgan fingerprint density at radius 3 is 2.56 bits per heavy atom. The van der Waals surface area contributed by atoms with Crippen LogP contribution in [0.5, 0.6) is 0 Å². The van der Waals surface area contributed by atoms with Crippen LogP contribution >= 0.6 is 27.5 Å². The van der Waals surface area contributed by atoms with E-state index in [4.69, 9.17) is 16.7 Å². The van der Waals surface area contributed by atoms with Crippen molar-refractivity contribution < 1.29 is 5.11 Å². The van der Waals surface area contributed by atoms with Crippen LogP contribution in [0.2, 0.25) is 5.02 Å². The molecule has 0 fully saturated rings. The molecule has 0 unspecified atom stereocenters. The van der Waals surface area contributed by atoms with Crippen LogP contribution in [0, 0.1) is 0 Å². The van der Waals surface area contributed by atoms with Crippen LogP contribution in [-0.4, -0.2) is 5.11 Å². The molecule has 0 saturated carbocycles. The summed E-state index contributed by atoms with van der Waals surface area (Å²) in [6.07, 6.45) is 0. The maximum absolute atomic E-state index is 9.08. The van der Waals surface area contributed by atoms with Crippen LogP contribution < -0.4 is 0 Å². The molecular formula is C13H10BrClO. The highest BCUT2D eigenvalue weighted by molar-refractivity contribution is 9.10. The molecule has 0 radical (unpaired) electrons. The Labute approximate surface area is 108 Å². The Morgan fingerprint density at radius 1 is 1.06 bits per heavy atom. The monoisotopic (exact) mass is 296 g/mol. The van der Waals surface area contributed by atoms with Gasteiger partial charge in [0.1, 0.15) is 0 Å². The summed E-state index contributed by atoms with van der Waals surface area (Å²) < 4.78 is 0.949. The van der Waals surface area contributed by atoms with E-state index in [0.29, 0.717) is 5.02 Å². The molecule has 0 aromatic heterocycles. The molecule has 0 atom stereocenters. The van der Waals surface area contributed by atoms with Crippen LogP contribution in [0.25, 0.3) is 11.1 Å². The summed E-state index contributed by atoms with van der Waals surface area (Å²) in [6.45, 7) is 0.0512. The van der Waals surface area contributed by atoms with Crippen molar-refractivity contribution in [2.45, 2.75) is 6.61 Å². The van der Waals surface area contributed by atoms with Crippen molar-refractivity contribution in [2.75, 3.05) is 0 Å². The summed E-state index contributed by atoms with van der Waals surface area (Å²) in [5, 5.41) is 9.78. The van der Waals surface area contributed by atoms with E-state index >= 15 is 0 Å². The molecule has 1 N–H and O–H groups in total. The third kappa shape index (κ3) is 2.64. The van der Waals surface area contributed by atoms with Crippen LogP contribution in [0.1, 0.15) is 5.56 Å². The molecule has 3 heteroatoms. The maximum atomic E-state index is 9.08. The van der Waals surface area contributed by atoms with Crippen LogP contribution in [0.3, 0.4) is 0 Å². The second-order valence-corrected chi connectivity index (χ2v) is 4.87. The smallest absolute Gasteiger partial charge is 0.0682 e. The average Bonchev–Trinajstić information content (AvgIpc) is 2.28. The van der Waals surface area contributed by atoms with Crippen molar-refractivity contribution >= 4 is 27.5 Å². The van der Waals surface area contributed by atoms with E-state index < -0.39 is 0 Å². The van der Waals surface area contributed by atoms with E-state index in [1.54, 1.807) is 0 Å². The number of hydrogen-bond acceptors (Lipinski definition) is 1. The lowest BCUT2D eigenvalue weighted by molar-refractivity contribution is 0.282. The Morgan fingerprint density at radius 2 is 1.88 bits per heavy atom. The molecule has 2 rings (SSSR count). The maximum Gasteiger partial charge on any atom is 0.0682 e. The summed E-state index contributed by atoms with van der Waals surface area (Å²) in [6, 6.07) is 13.5. The Hall–Kier alpha value is -0.830. The summed E-state index contributed by atoms with van der Waals surface area (Å²) in [4.78, 5) is 0. The summed E-state index contributed by atoms with van der Waals surface area (Å²) >= 11 is 9.41. The van der Waals surface area contributed by atoms with Gasteiger partial charge < -0.3 is 5.11 Å². The van der Waals surface area contributed by atoms with Gasteiger partial charge in [-0.05, 0) is 41.0 Å². The highest BCUT2D eigenvalue weighted by Crippen LogP contribution is 2.27. The fourth-order valence-corrected chi connectivity index (χ4v) is 2.43. The van der Waals surface area contributed by atoms with Gasteiger partial charge in [-0.2, -0.15) is 0 Å². The Balaban J connectivity index is 2.49. The van der Waals surface area contributed by atoms with Crippen molar-refractivity contribution in [3.8, 4) is 11.1 Å². The summed E-state index contributed by atoms with van der Waals surface area (Å²) in [5.41, 5.74) is 2.98. The fraction of sp³-hybridized carbons (Fsp3) is 0.0769. The quantitative estimate of drug-likeness (QED) is 0.878. The Kier molecular flexibility index (Phi) is 3.64. The van der Waals surface area contributed by atoms with Crippen molar-refractivity contribution in [3.63, 3.8) is 0 Å². The van der Waals surface area contributed by atoms with Crippen molar-refractivity contribution in [2.24, 2.45) is 0 Å². The first-order valence-electron chi connectivity index (χ1n) is 4.85. The molecular weight excluding hydrogens is 287 g/mol. The van der Waals surface area contributed by atoms with Gasteiger partial charge in [-0.25, -0.2) is 0 Å². The number of aliphatic hydroxyl groups excluding tert-OH is 1. The molecule has 1 nitrogen and oxygen atoms in total. The lowest BCUT2D eigenvalue weighted by Gasteiger charge is -2.05. The molecule has 2 aromatic rings. The molecule has 2 aromatic carbocycles. The number of benzene rings is 2. The van der Waals surface area contributed by atoms with Crippen LogP contribution in [0.15, 0.2) is 46.9 Å². The molecule has 0 aliphatic rings. The zero-order valence-corrected chi connectivity index (χ0v) is 10.8. The average molecular weight is 298 g/mol. The van der Waals surface area contributed by atoms with Gasteiger partial charge in [-0.15, -0.1) is 0 Å². The lowest BCUT2D eigenvalue weighted by Crippen LogP contribution is -1.84. The lowest BCUT2D eigenvalue weighted by atomic mass is 10.0. The van der Waals surface area contributed by atoms with Gasteiger partial charge in [0.05, 0.1) is 6.61 Å². The zero-order valence-electron chi connectivity index (χ0n) is 8.45. The minimum absolute atomic E-state index is 0.0512. The zero-order chi connectivity index (χ0) is 11.5. The molecule has 0 bridgehead atoms. The first-order chi connectivity index (χ1) is 7.69. The topological polar surface area (TPSA) is 20.2 Å². The van der Waals surface area contributed by atoms with E-state index in [9.17, 15) is 0 Å². The van der Waals surface area contributed by atoms with Gasteiger partial charge in [0.25, 0.3) is 0 Å². The molecule has 16 heavy (non-hydrogen) atoms. The highest BCUT2D eigenvalue weighted by Gasteiger charge is 2.01. The van der Waals surface area contributed by atoms with Gasteiger partial charge in [-0.3, -0.25) is 0 Å². The molecule has 0 heterocycles. The van der Waals surface area contributed by atoms with Crippen LogP contribution in [0.4, 0.5) is 0 Å². The standard InChI is InChI=1S/C13H10BrClO/c14-12-5-11(6-13(15)7-12)10-3-1-2-9(4-10)8-16/h1-7,16H,8H2. The van der Waals surface area contributed by atoms with Crippen LogP contribution in [-0.2, 0) is 6.61 Å². The molecule has 0 amide bonds. The van der Waals surface area contributed by atoms with Gasteiger partial charge in [-0.1, -0.05) is 45.7 Å². The van der Waals surface area contributed by atoms with Crippen molar-refractivity contribution in [1.29, 1.82) is 0 Å². The second-order valence-electron chi connectivity index (χ2n) is 3.52. The summed E-state index contributed by atoms with van der Waals surface area (Å²) in [5.74, 6) is 0. The predicted octanol–water partition coefficient (Wildman–Crippen LogP) is 4.26. The fourth-order valence-electron chi connectivity index (χ4n) is 1.57. The van der Waals surface area contributed by atoms with Crippen molar-refractivity contribution in [3.05, 3.63) is 57.5 Å². The molecule has 0 spiro atoms. The number of hydrogen-bond donors (Lipinski definition) is 1.